The molecule has 6 nitrogen and oxygen atoms in total. The third kappa shape index (κ3) is 3.74. The van der Waals surface area contributed by atoms with Crippen LogP contribution in [0.2, 0.25) is 5.02 Å². The first-order chi connectivity index (χ1) is 11.0. The Labute approximate surface area is 143 Å². The van der Waals surface area contributed by atoms with Gasteiger partial charge >= 0.3 is 6.03 Å². The van der Waals surface area contributed by atoms with Crippen molar-refractivity contribution < 1.29 is 9.53 Å². The lowest BCUT2D eigenvalue weighted by atomic mass is 10.2. The molecular formula is C15H17ClN4O2S. The smallest absolute Gasteiger partial charge is 0.325 e. The molecule has 0 unspecified atom stereocenters. The number of ether oxygens (including phenoxy) is 1. The second-order valence-electron chi connectivity index (χ2n) is 5.30. The molecule has 0 aliphatic carbocycles. The number of fused-ring (bicyclic) bond motifs is 1. The van der Waals surface area contributed by atoms with Crippen molar-refractivity contribution in [3.05, 3.63) is 33.8 Å². The summed E-state index contributed by atoms with van der Waals surface area (Å²) >= 11 is 7.47. The molecule has 0 fully saturated rings. The third-order valence-electron chi connectivity index (χ3n) is 3.55. The number of methoxy groups -OCH3 is 1. The molecule has 0 radical (unpaired) electrons. The SMILES string of the molecule is COc1ccc(Cl)cc1NC(=O)Nc1nc2c(s1)CN(C)CC2. The molecule has 122 valence electrons. The zero-order valence-electron chi connectivity index (χ0n) is 12.9. The molecule has 2 heterocycles. The fraction of sp³-hybridized carbons (Fsp3) is 0.333. The Hall–Kier alpha value is -1.83. The highest BCUT2D eigenvalue weighted by molar-refractivity contribution is 7.15. The van der Waals surface area contributed by atoms with Crippen molar-refractivity contribution in [3.8, 4) is 5.75 Å². The summed E-state index contributed by atoms with van der Waals surface area (Å²) in [5.41, 5.74) is 1.59. The Kier molecular flexibility index (Phi) is 4.70. The molecule has 8 heteroatoms. The zero-order chi connectivity index (χ0) is 16.4. The van der Waals surface area contributed by atoms with E-state index in [1.807, 2.05) is 0 Å². The predicted molar refractivity (Wildman–Crippen MR) is 92.8 cm³/mol. The van der Waals surface area contributed by atoms with Crippen molar-refractivity contribution in [3.63, 3.8) is 0 Å². The van der Waals surface area contributed by atoms with Crippen molar-refractivity contribution in [1.82, 2.24) is 9.88 Å². The highest BCUT2D eigenvalue weighted by Crippen LogP contribution is 2.29. The minimum Gasteiger partial charge on any atom is -0.495 e. The molecule has 1 aliphatic rings. The summed E-state index contributed by atoms with van der Waals surface area (Å²) in [6.45, 7) is 1.86. The van der Waals surface area contributed by atoms with Crippen LogP contribution in [0.5, 0.6) is 5.75 Å². The first-order valence-electron chi connectivity index (χ1n) is 7.14. The minimum atomic E-state index is -0.370. The summed E-state index contributed by atoms with van der Waals surface area (Å²) in [5, 5.41) is 6.63. The maximum atomic E-state index is 12.2. The highest BCUT2D eigenvalue weighted by Gasteiger charge is 2.19. The van der Waals surface area contributed by atoms with E-state index in [-0.39, 0.29) is 6.03 Å². The minimum absolute atomic E-state index is 0.370. The van der Waals surface area contributed by atoms with Gasteiger partial charge in [-0.2, -0.15) is 0 Å². The predicted octanol–water partition coefficient (Wildman–Crippen LogP) is 3.44. The number of hydrogen-bond acceptors (Lipinski definition) is 5. The summed E-state index contributed by atoms with van der Waals surface area (Å²) in [6, 6.07) is 4.68. The van der Waals surface area contributed by atoms with Crippen molar-refractivity contribution in [2.75, 3.05) is 31.3 Å². The molecule has 23 heavy (non-hydrogen) atoms. The Morgan fingerprint density at radius 2 is 2.26 bits per heavy atom. The van der Waals surface area contributed by atoms with E-state index in [2.05, 4.69) is 27.6 Å². The first-order valence-corrected chi connectivity index (χ1v) is 8.33. The van der Waals surface area contributed by atoms with E-state index in [9.17, 15) is 4.79 Å². The van der Waals surface area contributed by atoms with Crippen molar-refractivity contribution in [2.24, 2.45) is 0 Å². The van der Waals surface area contributed by atoms with Gasteiger partial charge in [0.1, 0.15) is 5.75 Å². The van der Waals surface area contributed by atoms with Crippen LogP contribution in [0, 0.1) is 0 Å². The fourth-order valence-electron chi connectivity index (χ4n) is 2.41. The normalized spacial score (nSPS) is 14.2. The van der Waals surface area contributed by atoms with Gasteiger partial charge in [-0.1, -0.05) is 11.6 Å². The molecule has 0 atom stereocenters. The van der Waals surface area contributed by atoms with Gasteiger partial charge in [0, 0.05) is 29.4 Å². The summed E-state index contributed by atoms with van der Waals surface area (Å²) in [7, 11) is 3.62. The number of rotatable bonds is 3. The average molecular weight is 353 g/mol. The van der Waals surface area contributed by atoms with E-state index in [0.717, 1.165) is 25.2 Å². The number of nitrogens with one attached hydrogen (secondary N) is 2. The summed E-state index contributed by atoms with van der Waals surface area (Å²) in [4.78, 5) is 20.1. The molecule has 0 saturated carbocycles. The van der Waals surface area contributed by atoms with Gasteiger partial charge in [0.15, 0.2) is 5.13 Å². The monoisotopic (exact) mass is 352 g/mol. The quantitative estimate of drug-likeness (QED) is 0.888. The highest BCUT2D eigenvalue weighted by atomic mass is 35.5. The number of aromatic nitrogens is 1. The third-order valence-corrected chi connectivity index (χ3v) is 4.79. The Balaban J connectivity index is 1.69. The van der Waals surface area contributed by atoms with Crippen LogP contribution in [0.1, 0.15) is 10.6 Å². The van der Waals surface area contributed by atoms with Gasteiger partial charge in [0.2, 0.25) is 0 Å². The van der Waals surface area contributed by atoms with Crippen molar-refractivity contribution in [2.45, 2.75) is 13.0 Å². The van der Waals surface area contributed by atoms with Crippen LogP contribution in [0.25, 0.3) is 0 Å². The average Bonchev–Trinajstić information content (AvgIpc) is 2.88. The molecule has 0 saturated heterocycles. The van der Waals surface area contributed by atoms with Crippen LogP contribution in [0.15, 0.2) is 18.2 Å². The van der Waals surface area contributed by atoms with Gasteiger partial charge in [-0.15, -0.1) is 11.3 Å². The van der Waals surface area contributed by atoms with Crippen LogP contribution in [0.4, 0.5) is 15.6 Å². The number of likely N-dealkylation sites (N-methyl/N-ethyl adjacent to an activating group) is 1. The summed E-state index contributed by atoms with van der Waals surface area (Å²) in [5.74, 6) is 0.546. The number of carbonyl (C=O) groups excluding carboxylic acids is 1. The Bertz CT molecular complexity index is 734. The Morgan fingerprint density at radius 3 is 3.04 bits per heavy atom. The number of amides is 2. The van der Waals surface area contributed by atoms with Gasteiger partial charge in [0.25, 0.3) is 0 Å². The van der Waals surface area contributed by atoms with Gasteiger partial charge in [-0.25, -0.2) is 9.78 Å². The van der Waals surface area contributed by atoms with Crippen molar-refractivity contribution in [1.29, 1.82) is 0 Å². The van der Waals surface area contributed by atoms with Crippen LogP contribution >= 0.6 is 22.9 Å². The van der Waals surface area contributed by atoms with Gasteiger partial charge in [0.05, 0.1) is 18.5 Å². The van der Waals surface area contributed by atoms with Crippen molar-refractivity contribution >= 4 is 39.8 Å². The standard InChI is InChI=1S/C15H17ClN4O2S/c1-20-6-5-10-13(8-20)23-15(18-10)19-14(21)17-11-7-9(16)3-4-12(11)22-2/h3-4,7H,5-6,8H2,1-2H3,(H2,17,18,19,21). The van der Waals surface area contributed by atoms with Gasteiger partial charge in [-0.3, -0.25) is 5.32 Å². The molecule has 0 bridgehead atoms. The number of nitrogens with zero attached hydrogens (tertiary/aromatic N) is 2. The zero-order valence-corrected chi connectivity index (χ0v) is 14.4. The van der Waals surface area contributed by atoms with E-state index >= 15 is 0 Å². The molecule has 3 rings (SSSR count). The molecular weight excluding hydrogens is 336 g/mol. The maximum Gasteiger partial charge on any atom is 0.325 e. The van der Waals surface area contributed by atoms with E-state index < -0.39 is 0 Å². The topological polar surface area (TPSA) is 66.5 Å². The Morgan fingerprint density at radius 1 is 1.43 bits per heavy atom. The van der Waals surface area contributed by atoms with Gasteiger partial charge < -0.3 is 15.0 Å². The summed E-state index contributed by atoms with van der Waals surface area (Å²) < 4.78 is 5.21. The number of carbonyl (C=O) groups is 1. The number of benzene rings is 1. The van der Waals surface area contributed by atoms with Gasteiger partial charge in [-0.05, 0) is 25.2 Å². The largest absolute Gasteiger partial charge is 0.495 e. The fourth-order valence-corrected chi connectivity index (χ4v) is 3.66. The number of urea groups is 1. The first kappa shape index (κ1) is 16.0. The molecule has 0 spiro atoms. The molecule has 2 aromatic rings. The van der Waals surface area contributed by atoms with Crippen LogP contribution in [-0.4, -0.2) is 36.6 Å². The second kappa shape index (κ2) is 6.74. The summed E-state index contributed by atoms with van der Waals surface area (Å²) in [6.07, 6.45) is 0.910. The number of thiazole rings is 1. The van der Waals surface area contributed by atoms with E-state index in [0.29, 0.717) is 21.6 Å². The van der Waals surface area contributed by atoms with Crippen LogP contribution < -0.4 is 15.4 Å². The number of halogens is 1. The maximum absolute atomic E-state index is 12.2. The number of anilines is 2. The molecule has 1 aromatic carbocycles. The molecule has 1 aliphatic heterocycles. The molecule has 2 amide bonds. The number of hydrogen-bond donors (Lipinski definition) is 2. The van der Waals surface area contributed by atoms with E-state index in [1.54, 1.807) is 18.2 Å². The second-order valence-corrected chi connectivity index (χ2v) is 6.82. The molecule has 2 N–H and O–H groups in total. The lowest BCUT2D eigenvalue weighted by Gasteiger charge is -2.20. The van der Waals surface area contributed by atoms with E-state index in [4.69, 9.17) is 16.3 Å². The van der Waals surface area contributed by atoms with Crippen LogP contribution in [0.3, 0.4) is 0 Å². The lowest BCUT2D eigenvalue weighted by molar-refractivity contribution is 0.262. The lowest BCUT2D eigenvalue weighted by Crippen LogP contribution is -2.25. The molecule has 1 aromatic heterocycles. The van der Waals surface area contributed by atoms with E-state index in [1.165, 1.54) is 23.3 Å². The van der Waals surface area contributed by atoms with Crippen LogP contribution in [-0.2, 0) is 13.0 Å².